The number of ether oxygens (including phenoxy) is 1. The minimum atomic E-state index is -4.33. The van der Waals surface area contributed by atoms with E-state index < -0.39 is 40.9 Å². The number of benzene rings is 1. The fourth-order valence-corrected chi connectivity index (χ4v) is 1.84. The lowest BCUT2D eigenvalue weighted by atomic mass is 9.99. The molecule has 0 bridgehead atoms. The van der Waals surface area contributed by atoms with Crippen molar-refractivity contribution in [3.8, 4) is 5.75 Å². The number of carbonyl (C=O) groups excluding carboxylic acids is 1. The first-order valence-corrected chi connectivity index (χ1v) is 6.10. The molecule has 0 unspecified atom stereocenters. The Morgan fingerprint density at radius 2 is 2.10 bits per heavy atom. The summed E-state index contributed by atoms with van der Waals surface area (Å²) in [6.45, 7) is 0.943. The molecule has 112 valence electrons. The van der Waals surface area contributed by atoms with E-state index in [1.54, 1.807) is 0 Å². The summed E-state index contributed by atoms with van der Waals surface area (Å²) in [7, 11) is 0. The van der Waals surface area contributed by atoms with Crippen LogP contribution in [0.5, 0.6) is 5.75 Å². The van der Waals surface area contributed by atoms with Gasteiger partial charge in [0.15, 0.2) is 11.6 Å². The summed E-state index contributed by atoms with van der Waals surface area (Å²) in [5.74, 6) is -10.6. The molecule has 3 N–H and O–H groups in total. The zero-order valence-corrected chi connectivity index (χ0v) is 11.7. The van der Waals surface area contributed by atoms with Gasteiger partial charge in [0.2, 0.25) is 0 Å². The molecule has 9 heteroatoms. The molecule has 0 heterocycles. The topological polar surface area (TPSA) is 72.5 Å². The minimum Gasteiger partial charge on any atom is -0.506 e. The predicted octanol–water partition coefficient (Wildman–Crippen LogP) is 2.63. The summed E-state index contributed by atoms with van der Waals surface area (Å²) in [6, 6.07) is -2.06. The fourth-order valence-electron chi connectivity index (χ4n) is 1.42. The van der Waals surface area contributed by atoms with E-state index in [1.165, 1.54) is 6.92 Å². The molecular formula is C11H10BrF4NO3. The second-order valence-electron chi connectivity index (χ2n) is 3.74. The number of halogens is 5. The molecule has 0 aliphatic heterocycles. The van der Waals surface area contributed by atoms with Crippen LogP contribution in [-0.4, -0.2) is 23.6 Å². The molecule has 20 heavy (non-hydrogen) atoms. The smallest absolute Gasteiger partial charge is 0.379 e. The van der Waals surface area contributed by atoms with Crippen LogP contribution in [0.15, 0.2) is 10.5 Å². The molecule has 0 radical (unpaired) electrons. The molecule has 4 nitrogen and oxygen atoms in total. The number of aromatic hydroxyl groups is 1. The Morgan fingerprint density at radius 1 is 1.55 bits per heavy atom. The minimum absolute atomic E-state index is 0.345. The largest absolute Gasteiger partial charge is 0.506 e. The summed E-state index contributed by atoms with van der Waals surface area (Å²) >= 11 is 2.66. The van der Waals surface area contributed by atoms with E-state index in [0.29, 0.717) is 6.07 Å². The van der Waals surface area contributed by atoms with Crippen molar-refractivity contribution in [2.45, 2.75) is 18.9 Å². The zero-order chi connectivity index (χ0) is 15.7. The van der Waals surface area contributed by atoms with Crippen molar-refractivity contribution < 1.29 is 32.2 Å². The Labute approximate surface area is 119 Å². The maximum atomic E-state index is 13.7. The van der Waals surface area contributed by atoms with Crippen molar-refractivity contribution in [1.29, 1.82) is 0 Å². The Kier molecular flexibility index (Phi) is 4.98. The van der Waals surface area contributed by atoms with Crippen LogP contribution in [0.25, 0.3) is 0 Å². The van der Waals surface area contributed by atoms with Gasteiger partial charge < -0.3 is 15.6 Å². The highest BCUT2D eigenvalue weighted by Gasteiger charge is 2.50. The fraction of sp³-hybridized carbons (Fsp3) is 0.364. The van der Waals surface area contributed by atoms with E-state index in [-0.39, 0.29) is 11.1 Å². The second-order valence-corrected chi connectivity index (χ2v) is 4.59. The zero-order valence-electron chi connectivity index (χ0n) is 10.1. The van der Waals surface area contributed by atoms with Crippen molar-refractivity contribution >= 4 is 21.9 Å². The van der Waals surface area contributed by atoms with E-state index in [0.717, 1.165) is 0 Å². The lowest BCUT2D eigenvalue weighted by Crippen LogP contribution is -2.42. The van der Waals surface area contributed by atoms with Gasteiger partial charge in [0.25, 0.3) is 0 Å². The van der Waals surface area contributed by atoms with E-state index in [2.05, 4.69) is 20.7 Å². The van der Waals surface area contributed by atoms with Crippen LogP contribution in [0.3, 0.4) is 0 Å². The molecule has 0 saturated carbocycles. The van der Waals surface area contributed by atoms with Crippen molar-refractivity contribution in [2.75, 3.05) is 6.61 Å². The van der Waals surface area contributed by atoms with Crippen LogP contribution in [0.1, 0.15) is 18.5 Å². The van der Waals surface area contributed by atoms with Gasteiger partial charge in [-0.25, -0.2) is 13.6 Å². The number of phenolic OH excluding ortho intramolecular Hbond substituents is 1. The van der Waals surface area contributed by atoms with Gasteiger partial charge in [0.1, 0.15) is 11.8 Å². The Hall–Kier alpha value is -1.35. The Morgan fingerprint density at radius 3 is 2.60 bits per heavy atom. The van der Waals surface area contributed by atoms with Gasteiger partial charge in [-0.3, -0.25) is 0 Å². The number of hydrogen-bond donors (Lipinski definition) is 2. The lowest BCUT2D eigenvalue weighted by Gasteiger charge is -2.23. The van der Waals surface area contributed by atoms with Crippen molar-refractivity contribution in [1.82, 2.24) is 0 Å². The number of carbonyl (C=O) groups is 1. The van der Waals surface area contributed by atoms with Gasteiger partial charge in [-0.05, 0) is 28.9 Å². The van der Waals surface area contributed by atoms with Crippen molar-refractivity contribution in [2.24, 2.45) is 5.73 Å². The molecule has 1 rings (SSSR count). The van der Waals surface area contributed by atoms with Crippen LogP contribution in [0.4, 0.5) is 17.6 Å². The molecule has 0 amide bonds. The van der Waals surface area contributed by atoms with Gasteiger partial charge in [-0.2, -0.15) is 8.78 Å². The van der Waals surface area contributed by atoms with E-state index in [9.17, 15) is 27.5 Å². The molecule has 0 saturated heterocycles. The standard InChI is InChI=1S/C11H10BrF4NO3/c1-2-20-10(19)11(15,16)9(17)6-7(14)5(13)3-4(12)8(6)18/h3,9,18H,2,17H2,1H3/t9-/m1/s1. The number of alkyl halides is 2. The first kappa shape index (κ1) is 16.7. The van der Waals surface area contributed by atoms with Gasteiger partial charge in [0.05, 0.1) is 16.6 Å². The Bertz CT molecular complexity index is 513. The third-order valence-corrected chi connectivity index (χ3v) is 3.03. The first-order valence-electron chi connectivity index (χ1n) is 5.31. The molecule has 0 aromatic heterocycles. The average Bonchev–Trinajstić information content (AvgIpc) is 2.36. The number of phenols is 1. The highest BCUT2D eigenvalue weighted by molar-refractivity contribution is 9.10. The molecule has 0 fully saturated rings. The van der Waals surface area contributed by atoms with E-state index >= 15 is 0 Å². The van der Waals surface area contributed by atoms with Crippen LogP contribution in [0.2, 0.25) is 0 Å². The maximum Gasteiger partial charge on any atom is 0.379 e. The molecule has 1 atom stereocenters. The predicted molar refractivity (Wildman–Crippen MR) is 64.2 cm³/mol. The highest BCUT2D eigenvalue weighted by Crippen LogP contribution is 2.40. The Balaban J connectivity index is 3.34. The maximum absolute atomic E-state index is 13.7. The van der Waals surface area contributed by atoms with Crippen molar-refractivity contribution in [3.05, 3.63) is 27.7 Å². The quantitative estimate of drug-likeness (QED) is 0.492. The molecular weight excluding hydrogens is 350 g/mol. The molecule has 0 aliphatic rings. The molecule has 0 spiro atoms. The normalized spacial score (nSPS) is 13.2. The van der Waals surface area contributed by atoms with E-state index in [1.807, 2.05) is 0 Å². The second kappa shape index (κ2) is 5.96. The van der Waals surface area contributed by atoms with Crippen LogP contribution >= 0.6 is 15.9 Å². The molecule has 1 aromatic rings. The summed E-state index contributed by atoms with van der Waals surface area (Å²) in [5, 5.41) is 9.53. The molecule has 0 aliphatic carbocycles. The van der Waals surface area contributed by atoms with Gasteiger partial charge in [-0.1, -0.05) is 0 Å². The third kappa shape index (κ3) is 2.88. The monoisotopic (exact) mass is 359 g/mol. The highest BCUT2D eigenvalue weighted by atomic mass is 79.9. The first-order chi connectivity index (χ1) is 9.14. The SMILES string of the molecule is CCOC(=O)C(F)(F)[C@H](N)c1c(O)c(Br)cc(F)c1F. The van der Waals surface area contributed by atoms with Crippen LogP contribution < -0.4 is 5.73 Å². The van der Waals surface area contributed by atoms with Crippen molar-refractivity contribution in [3.63, 3.8) is 0 Å². The number of esters is 1. The summed E-state index contributed by atoms with van der Waals surface area (Å²) < 4.78 is 57.9. The third-order valence-electron chi connectivity index (χ3n) is 2.43. The summed E-state index contributed by atoms with van der Waals surface area (Å²) in [4.78, 5) is 11.1. The van der Waals surface area contributed by atoms with Gasteiger partial charge >= 0.3 is 11.9 Å². The average molecular weight is 360 g/mol. The van der Waals surface area contributed by atoms with Crippen LogP contribution in [-0.2, 0) is 9.53 Å². The van der Waals surface area contributed by atoms with Crippen LogP contribution in [0, 0.1) is 11.6 Å². The number of rotatable bonds is 4. The number of hydrogen-bond acceptors (Lipinski definition) is 4. The molecule has 1 aromatic carbocycles. The van der Waals surface area contributed by atoms with E-state index in [4.69, 9.17) is 5.73 Å². The lowest BCUT2D eigenvalue weighted by molar-refractivity contribution is -0.175. The van der Waals surface area contributed by atoms with Gasteiger partial charge in [0, 0.05) is 0 Å². The number of nitrogens with two attached hydrogens (primary N) is 1. The summed E-state index contributed by atoms with van der Waals surface area (Å²) in [5.41, 5.74) is 3.89. The van der Waals surface area contributed by atoms with Gasteiger partial charge in [-0.15, -0.1) is 0 Å². The summed E-state index contributed by atoms with van der Waals surface area (Å²) in [6.07, 6.45) is 0.